The largest absolute Gasteiger partial charge is 0.493 e. The molecule has 108 valence electrons. The van der Waals surface area contributed by atoms with E-state index in [0.29, 0.717) is 6.61 Å². The Hall–Kier alpha value is -1.26. The zero-order chi connectivity index (χ0) is 13.9. The van der Waals surface area contributed by atoms with E-state index in [9.17, 15) is 0 Å². The zero-order valence-electron chi connectivity index (χ0n) is 12.2. The van der Waals surface area contributed by atoms with Gasteiger partial charge in [-0.2, -0.15) is 0 Å². The highest BCUT2D eigenvalue weighted by atomic mass is 16.5. The van der Waals surface area contributed by atoms with E-state index in [1.807, 2.05) is 26.0 Å². The summed E-state index contributed by atoms with van der Waals surface area (Å²) >= 11 is 0. The van der Waals surface area contributed by atoms with Crippen molar-refractivity contribution in [2.24, 2.45) is 0 Å². The summed E-state index contributed by atoms with van der Waals surface area (Å²) in [5, 5.41) is 3.39. The summed E-state index contributed by atoms with van der Waals surface area (Å²) in [6, 6.07) is 6.03. The first kappa shape index (κ1) is 15.8. The van der Waals surface area contributed by atoms with Crippen LogP contribution < -0.4 is 14.8 Å². The number of benzene rings is 1. The van der Waals surface area contributed by atoms with Gasteiger partial charge in [-0.25, -0.2) is 0 Å². The van der Waals surface area contributed by atoms with Crippen LogP contribution in [-0.2, 0) is 11.3 Å². The predicted molar refractivity (Wildman–Crippen MR) is 77.0 cm³/mol. The number of hydrogen-bond acceptors (Lipinski definition) is 4. The van der Waals surface area contributed by atoms with Crippen LogP contribution in [0.2, 0.25) is 0 Å². The van der Waals surface area contributed by atoms with Crippen LogP contribution in [-0.4, -0.2) is 33.5 Å². The number of rotatable bonds is 10. The number of ether oxygens (including phenoxy) is 3. The molecule has 0 fully saturated rings. The van der Waals surface area contributed by atoms with E-state index < -0.39 is 0 Å². The van der Waals surface area contributed by atoms with Crippen LogP contribution in [0.3, 0.4) is 0 Å². The molecule has 0 unspecified atom stereocenters. The molecule has 0 saturated heterocycles. The standard InChI is InChI=1S/C15H25NO3/c1-4-18-10-6-9-16-12-13-7-8-14(19-5-2)15(11-13)17-3/h7-8,11,16H,4-6,9-10,12H2,1-3H3. The predicted octanol–water partition coefficient (Wildman–Crippen LogP) is 2.61. The van der Waals surface area contributed by atoms with Crippen molar-refractivity contribution in [2.75, 3.05) is 33.5 Å². The molecular formula is C15H25NO3. The minimum atomic E-state index is 0.644. The molecule has 0 aliphatic rings. The molecule has 4 nitrogen and oxygen atoms in total. The fourth-order valence-corrected chi connectivity index (χ4v) is 1.77. The average Bonchev–Trinajstić information content (AvgIpc) is 2.44. The Morgan fingerprint density at radius 1 is 1.11 bits per heavy atom. The van der Waals surface area contributed by atoms with Gasteiger partial charge in [0.15, 0.2) is 11.5 Å². The van der Waals surface area contributed by atoms with E-state index in [0.717, 1.165) is 44.2 Å². The van der Waals surface area contributed by atoms with Gasteiger partial charge in [0.2, 0.25) is 0 Å². The second-order valence-corrected chi connectivity index (χ2v) is 4.15. The molecule has 1 rings (SSSR count). The van der Waals surface area contributed by atoms with Gasteiger partial charge in [0.1, 0.15) is 0 Å². The number of methoxy groups -OCH3 is 1. The van der Waals surface area contributed by atoms with Crippen LogP contribution >= 0.6 is 0 Å². The topological polar surface area (TPSA) is 39.7 Å². The average molecular weight is 267 g/mol. The molecule has 4 heteroatoms. The summed E-state index contributed by atoms with van der Waals surface area (Å²) in [5.74, 6) is 1.58. The summed E-state index contributed by atoms with van der Waals surface area (Å²) in [4.78, 5) is 0. The van der Waals surface area contributed by atoms with Gasteiger partial charge in [-0.3, -0.25) is 0 Å². The molecule has 0 aromatic heterocycles. The smallest absolute Gasteiger partial charge is 0.161 e. The molecule has 0 amide bonds. The lowest BCUT2D eigenvalue weighted by Crippen LogP contribution is -2.16. The Bertz CT molecular complexity index is 355. The molecule has 0 atom stereocenters. The zero-order valence-corrected chi connectivity index (χ0v) is 12.2. The van der Waals surface area contributed by atoms with Crippen molar-refractivity contribution in [3.05, 3.63) is 23.8 Å². The van der Waals surface area contributed by atoms with Crippen molar-refractivity contribution < 1.29 is 14.2 Å². The summed E-state index contributed by atoms with van der Waals surface area (Å²) in [6.07, 6.45) is 1.03. The first-order valence-corrected chi connectivity index (χ1v) is 6.90. The van der Waals surface area contributed by atoms with Gasteiger partial charge < -0.3 is 19.5 Å². The van der Waals surface area contributed by atoms with Crippen LogP contribution in [0.5, 0.6) is 11.5 Å². The molecule has 19 heavy (non-hydrogen) atoms. The van der Waals surface area contributed by atoms with Gasteiger partial charge in [0.25, 0.3) is 0 Å². The van der Waals surface area contributed by atoms with Crippen molar-refractivity contribution in [3.8, 4) is 11.5 Å². The molecule has 0 radical (unpaired) electrons. The Morgan fingerprint density at radius 3 is 2.63 bits per heavy atom. The summed E-state index contributed by atoms with van der Waals surface area (Å²) in [6.45, 7) is 8.01. The van der Waals surface area contributed by atoms with Crippen LogP contribution in [0.25, 0.3) is 0 Å². The van der Waals surface area contributed by atoms with Gasteiger partial charge in [-0.05, 0) is 44.5 Å². The Labute approximate surface area is 116 Å². The van der Waals surface area contributed by atoms with Crippen molar-refractivity contribution in [1.82, 2.24) is 5.32 Å². The first-order chi connectivity index (χ1) is 9.31. The molecule has 0 saturated carbocycles. The minimum Gasteiger partial charge on any atom is -0.493 e. The molecule has 0 bridgehead atoms. The highest BCUT2D eigenvalue weighted by molar-refractivity contribution is 5.42. The molecule has 0 heterocycles. The summed E-state index contributed by atoms with van der Waals surface area (Å²) in [7, 11) is 1.66. The molecule has 1 N–H and O–H groups in total. The second-order valence-electron chi connectivity index (χ2n) is 4.15. The van der Waals surface area contributed by atoms with E-state index in [-0.39, 0.29) is 0 Å². The second kappa shape index (κ2) is 9.64. The van der Waals surface area contributed by atoms with Crippen LogP contribution in [0.4, 0.5) is 0 Å². The maximum absolute atomic E-state index is 5.49. The lowest BCUT2D eigenvalue weighted by atomic mass is 10.2. The van der Waals surface area contributed by atoms with E-state index >= 15 is 0 Å². The maximum atomic E-state index is 5.49. The molecule has 0 aliphatic heterocycles. The van der Waals surface area contributed by atoms with Gasteiger partial charge in [-0.15, -0.1) is 0 Å². The quantitative estimate of drug-likeness (QED) is 0.661. The van der Waals surface area contributed by atoms with E-state index in [1.165, 1.54) is 5.56 Å². The molecule has 1 aromatic rings. The third-order valence-electron chi connectivity index (χ3n) is 2.70. The highest BCUT2D eigenvalue weighted by Crippen LogP contribution is 2.27. The normalized spacial score (nSPS) is 10.5. The third kappa shape index (κ3) is 5.94. The molecule has 1 aromatic carbocycles. The Morgan fingerprint density at radius 2 is 1.95 bits per heavy atom. The van der Waals surface area contributed by atoms with E-state index in [1.54, 1.807) is 7.11 Å². The summed E-state index contributed by atoms with van der Waals surface area (Å²) < 4.78 is 16.1. The maximum Gasteiger partial charge on any atom is 0.161 e. The van der Waals surface area contributed by atoms with Gasteiger partial charge in [0, 0.05) is 19.8 Å². The van der Waals surface area contributed by atoms with Crippen LogP contribution in [0, 0.1) is 0 Å². The fourth-order valence-electron chi connectivity index (χ4n) is 1.77. The summed E-state index contributed by atoms with van der Waals surface area (Å²) in [5.41, 5.74) is 1.19. The van der Waals surface area contributed by atoms with Crippen molar-refractivity contribution in [2.45, 2.75) is 26.8 Å². The molecular weight excluding hydrogens is 242 g/mol. The van der Waals surface area contributed by atoms with Crippen LogP contribution in [0.15, 0.2) is 18.2 Å². The van der Waals surface area contributed by atoms with Crippen molar-refractivity contribution >= 4 is 0 Å². The highest BCUT2D eigenvalue weighted by Gasteiger charge is 2.04. The number of nitrogens with one attached hydrogen (secondary N) is 1. The third-order valence-corrected chi connectivity index (χ3v) is 2.70. The molecule has 0 spiro atoms. The Kier molecular flexibility index (Phi) is 8.02. The molecule has 0 aliphatic carbocycles. The van der Waals surface area contributed by atoms with E-state index in [4.69, 9.17) is 14.2 Å². The van der Waals surface area contributed by atoms with Gasteiger partial charge in [0.05, 0.1) is 13.7 Å². The minimum absolute atomic E-state index is 0.644. The van der Waals surface area contributed by atoms with Crippen molar-refractivity contribution in [1.29, 1.82) is 0 Å². The van der Waals surface area contributed by atoms with E-state index in [2.05, 4.69) is 11.4 Å². The lowest BCUT2D eigenvalue weighted by molar-refractivity contribution is 0.144. The SMILES string of the molecule is CCOCCCNCc1ccc(OCC)c(OC)c1. The monoisotopic (exact) mass is 267 g/mol. The van der Waals surface area contributed by atoms with Gasteiger partial charge >= 0.3 is 0 Å². The fraction of sp³-hybridized carbons (Fsp3) is 0.600. The lowest BCUT2D eigenvalue weighted by Gasteiger charge is -2.11. The Balaban J connectivity index is 2.37. The number of hydrogen-bond donors (Lipinski definition) is 1. The van der Waals surface area contributed by atoms with Crippen molar-refractivity contribution in [3.63, 3.8) is 0 Å². The first-order valence-electron chi connectivity index (χ1n) is 6.90. The van der Waals surface area contributed by atoms with Gasteiger partial charge in [-0.1, -0.05) is 6.07 Å². The van der Waals surface area contributed by atoms with Crippen LogP contribution in [0.1, 0.15) is 25.8 Å².